The number of carboxylic acid groups (broad SMARTS) is 1. The molecule has 284 valence electrons. The van der Waals surface area contributed by atoms with Crippen LogP contribution in [0, 0.1) is 5.82 Å². The van der Waals surface area contributed by atoms with Crippen molar-refractivity contribution in [2.75, 3.05) is 70.7 Å². The second kappa shape index (κ2) is 22.9. The molecule has 0 unspecified atom stereocenters. The summed E-state index contributed by atoms with van der Waals surface area (Å²) in [5.41, 5.74) is 0.665. The van der Waals surface area contributed by atoms with Crippen LogP contribution in [0.2, 0.25) is 0 Å². The van der Waals surface area contributed by atoms with Crippen LogP contribution in [0.15, 0.2) is 59.8 Å². The molecule has 0 atom stereocenters. The molecule has 0 bridgehead atoms. The fourth-order valence-electron chi connectivity index (χ4n) is 4.29. The lowest BCUT2D eigenvalue weighted by Crippen LogP contribution is -2.31. The first kappa shape index (κ1) is 41.7. The maximum Gasteiger partial charge on any atom is 0.329 e. The lowest BCUT2D eigenvalue weighted by molar-refractivity contribution is -0.142. The summed E-state index contributed by atoms with van der Waals surface area (Å²) in [6.07, 6.45) is 5.86. The number of aliphatic carboxylic acids is 1. The number of rotatable bonds is 26. The molecule has 4 N–H and O–H groups in total. The Kier molecular flexibility index (Phi) is 18.4. The largest absolute Gasteiger partial charge is 0.480 e. The quantitative estimate of drug-likeness (QED) is 0.0871. The number of benzene rings is 2. The molecule has 2 amide bonds. The second-order valence-corrected chi connectivity index (χ2v) is 12.7. The van der Waals surface area contributed by atoms with E-state index in [1.165, 1.54) is 48.8 Å². The van der Waals surface area contributed by atoms with Gasteiger partial charge in [0.2, 0.25) is 11.9 Å². The summed E-state index contributed by atoms with van der Waals surface area (Å²) >= 11 is 0. The van der Waals surface area contributed by atoms with Crippen molar-refractivity contribution in [2.45, 2.75) is 37.5 Å². The number of hydrogen-bond acceptors (Lipinski definition) is 12. The standard InChI is InChI=1S/C34H44FN5O11S/c1-2-3-4-5-25-20-28(8-11-30(25)35)51-27-6-9-29(10-7-27)52(45,46)40-34-38-21-26(22-39-34)33(44)37-13-15-48-16-18-49-23-31(41)36-12-14-47-17-19-50-24-32(42)43/h6-11,20-22H,2-5,12-19,23-24H2,1H3,(H,36,41)(H,37,44)(H,42,43)(H,38,39,40). The highest BCUT2D eigenvalue weighted by molar-refractivity contribution is 7.92. The molecule has 52 heavy (non-hydrogen) atoms. The Labute approximate surface area is 301 Å². The summed E-state index contributed by atoms with van der Waals surface area (Å²) in [5, 5.41) is 13.7. The fraction of sp³-hybridized carbons (Fsp3) is 0.441. The summed E-state index contributed by atoms with van der Waals surface area (Å²) in [6.45, 7) is 3.01. The van der Waals surface area contributed by atoms with Gasteiger partial charge in [0.25, 0.3) is 15.9 Å². The highest BCUT2D eigenvalue weighted by Gasteiger charge is 2.17. The van der Waals surface area contributed by atoms with Crippen LogP contribution in [0.5, 0.6) is 11.5 Å². The smallest absolute Gasteiger partial charge is 0.329 e. The van der Waals surface area contributed by atoms with E-state index in [9.17, 15) is 27.2 Å². The predicted octanol–water partition coefficient (Wildman–Crippen LogP) is 2.94. The Morgan fingerprint density at radius 1 is 0.788 bits per heavy atom. The summed E-state index contributed by atoms with van der Waals surface area (Å²) < 4.78 is 68.6. The van der Waals surface area contributed by atoms with Gasteiger partial charge in [-0.3, -0.25) is 9.59 Å². The number of aromatic nitrogens is 2. The van der Waals surface area contributed by atoms with E-state index in [0.29, 0.717) is 23.5 Å². The number of carbonyl (C=O) groups excluding carboxylic acids is 2. The van der Waals surface area contributed by atoms with Crippen LogP contribution >= 0.6 is 0 Å². The van der Waals surface area contributed by atoms with Crippen molar-refractivity contribution in [1.82, 2.24) is 20.6 Å². The van der Waals surface area contributed by atoms with Crippen molar-refractivity contribution in [3.8, 4) is 11.5 Å². The number of halogens is 1. The van der Waals surface area contributed by atoms with Crippen molar-refractivity contribution in [2.24, 2.45) is 0 Å². The molecule has 16 nitrogen and oxygen atoms in total. The normalized spacial score (nSPS) is 11.2. The summed E-state index contributed by atoms with van der Waals surface area (Å²) in [5.74, 6) is -1.60. The average molecular weight is 750 g/mol. The van der Waals surface area contributed by atoms with Gasteiger partial charge < -0.3 is 39.4 Å². The third kappa shape index (κ3) is 16.1. The van der Waals surface area contributed by atoms with Crippen LogP contribution in [0.3, 0.4) is 0 Å². The van der Waals surface area contributed by atoms with Crippen molar-refractivity contribution in [3.05, 3.63) is 71.8 Å². The molecule has 0 spiro atoms. The predicted molar refractivity (Wildman–Crippen MR) is 185 cm³/mol. The van der Waals surface area contributed by atoms with Gasteiger partial charge in [-0.1, -0.05) is 19.8 Å². The zero-order valence-electron chi connectivity index (χ0n) is 28.8. The van der Waals surface area contributed by atoms with E-state index in [2.05, 4.69) is 32.2 Å². The van der Waals surface area contributed by atoms with E-state index in [4.69, 9.17) is 28.8 Å². The van der Waals surface area contributed by atoms with E-state index in [0.717, 1.165) is 19.3 Å². The number of anilines is 1. The van der Waals surface area contributed by atoms with Gasteiger partial charge in [0.15, 0.2) is 0 Å². The van der Waals surface area contributed by atoms with Gasteiger partial charge in [-0.05, 0) is 60.9 Å². The molecule has 1 heterocycles. The number of sulfonamides is 1. The van der Waals surface area contributed by atoms with Crippen molar-refractivity contribution in [1.29, 1.82) is 0 Å². The zero-order chi connectivity index (χ0) is 37.6. The van der Waals surface area contributed by atoms with Crippen molar-refractivity contribution in [3.63, 3.8) is 0 Å². The van der Waals surface area contributed by atoms with Crippen LogP contribution in [0.25, 0.3) is 0 Å². The number of carbonyl (C=O) groups is 3. The number of nitrogens with zero attached hydrogens (tertiary/aromatic N) is 2. The molecule has 0 aliphatic rings. The summed E-state index contributed by atoms with van der Waals surface area (Å²) in [6, 6.07) is 10.2. The van der Waals surface area contributed by atoms with Crippen LogP contribution in [0.4, 0.5) is 10.3 Å². The first-order valence-electron chi connectivity index (χ1n) is 16.6. The number of nitrogens with one attached hydrogen (secondary N) is 3. The van der Waals surface area contributed by atoms with Gasteiger partial charge in [0.1, 0.15) is 30.5 Å². The van der Waals surface area contributed by atoms with E-state index in [1.54, 1.807) is 6.07 Å². The van der Waals surface area contributed by atoms with Crippen molar-refractivity contribution >= 4 is 33.8 Å². The molecule has 2 aromatic carbocycles. The van der Waals surface area contributed by atoms with Crippen molar-refractivity contribution < 1.29 is 56.0 Å². The second-order valence-electron chi connectivity index (χ2n) is 11.0. The number of aryl methyl sites for hydroxylation is 1. The van der Waals surface area contributed by atoms with Gasteiger partial charge in [0.05, 0.1) is 50.1 Å². The van der Waals surface area contributed by atoms with Gasteiger partial charge in [-0.2, -0.15) is 0 Å². The highest BCUT2D eigenvalue weighted by Crippen LogP contribution is 2.26. The third-order valence-corrected chi connectivity index (χ3v) is 8.22. The Bertz CT molecular complexity index is 1660. The minimum Gasteiger partial charge on any atom is -0.480 e. The topological polar surface area (TPSA) is 214 Å². The molecule has 1 aromatic heterocycles. The highest BCUT2D eigenvalue weighted by atomic mass is 32.2. The number of ether oxygens (including phenoxy) is 5. The van der Waals surface area contributed by atoms with Gasteiger partial charge >= 0.3 is 5.97 Å². The average Bonchev–Trinajstić information content (AvgIpc) is 3.12. The minimum absolute atomic E-state index is 0.0700. The monoisotopic (exact) mass is 749 g/mol. The third-order valence-electron chi connectivity index (χ3n) is 6.88. The molecule has 0 saturated heterocycles. The maximum atomic E-state index is 14.2. The zero-order valence-corrected chi connectivity index (χ0v) is 29.6. The van der Waals surface area contributed by atoms with Crippen LogP contribution in [-0.4, -0.2) is 107 Å². The summed E-state index contributed by atoms with van der Waals surface area (Å²) in [7, 11) is -4.06. The Hall–Kier alpha value is -4.75. The van der Waals surface area contributed by atoms with Crippen LogP contribution in [0.1, 0.15) is 42.1 Å². The molecule has 18 heteroatoms. The molecule has 3 aromatic rings. The van der Waals surface area contributed by atoms with E-state index >= 15 is 0 Å². The van der Waals surface area contributed by atoms with E-state index < -0.39 is 28.5 Å². The first-order chi connectivity index (χ1) is 25.1. The minimum atomic E-state index is -4.06. The number of hydrogen-bond donors (Lipinski definition) is 4. The maximum absolute atomic E-state index is 14.2. The lowest BCUT2D eigenvalue weighted by Gasteiger charge is -2.10. The van der Waals surface area contributed by atoms with Gasteiger partial charge in [-0.25, -0.2) is 32.3 Å². The Balaban J connectivity index is 1.29. The van der Waals surface area contributed by atoms with Crippen LogP contribution < -0.4 is 20.1 Å². The van der Waals surface area contributed by atoms with Crippen LogP contribution in [-0.2, 0) is 45.0 Å². The van der Waals surface area contributed by atoms with Gasteiger partial charge in [-0.15, -0.1) is 0 Å². The molecule has 0 saturated carbocycles. The lowest BCUT2D eigenvalue weighted by atomic mass is 10.1. The SMILES string of the molecule is CCCCCc1cc(Oc2ccc(S(=O)(=O)Nc3ncc(C(=O)NCCOCCOCC(=O)NCCOCCOCC(=O)O)cn3)cc2)ccc1F. The number of amides is 2. The van der Waals surface area contributed by atoms with Gasteiger partial charge in [0, 0.05) is 25.5 Å². The number of unbranched alkanes of at least 4 members (excludes halogenated alkanes) is 2. The van der Waals surface area contributed by atoms with E-state index in [-0.39, 0.29) is 87.5 Å². The van der Waals surface area contributed by atoms with E-state index in [1.807, 2.05) is 0 Å². The Morgan fingerprint density at radius 2 is 1.40 bits per heavy atom. The molecule has 0 aliphatic heterocycles. The molecule has 0 radical (unpaired) electrons. The summed E-state index contributed by atoms with van der Waals surface area (Å²) in [4.78, 5) is 42.2. The molecule has 0 fully saturated rings. The Morgan fingerprint density at radius 3 is 2.06 bits per heavy atom. The first-order valence-corrected chi connectivity index (χ1v) is 18.0. The molecular formula is C34H44FN5O11S. The molecule has 3 rings (SSSR count). The molecule has 0 aliphatic carbocycles. The number of carboxylic acids is 1. The molecular weight excluding hydrogens is 705 g/mol. The fourth-order valence-corrected chi connectivity index (χ4v) is 5.25.